The number of aromatic nitrogens is 1. The number of carbonyl (C=O) groups is 2. The molecule has 0 saturated carbocycles. The third-order valence-corrected chi connectivity index (χ3v) is 5.09. The van der Waals surface area contributed by atoms with Gasteiger partial charge in [0.2, 0.25) is 5.91 Å². The molecule has 0 radical (unpaired) electrons. The first-order valence-electron chi connectivity index (χ1n) is 7.60. The SMILES string of the molecule is O=C1NCc2ccc(NC(=O)[C@H]3CCCN3c3nccs3)cc21. The maximum absolute atomic E-state index is 12.6. The monoisotopic (exact) mass is 328 g/mol. The first-order chi connectivity index (χ1) is 11.2. The molecule has 118 valence electrons. The van der Waals surface area contributed by atoms with Crippen molar-refractivity contribution in [1.82, 2.24) is 10.3 Å². The smallest absolute Gasteiger partial charge is 0.251 e. The second-order valence-electron chi connectivity index (χ2n) is 5.71. The van der Waals surface area contributed by atoms with Crippen LogP contribution in [0, 0.1) is 0 Å². The zero-order valence-electron chi connectivity index (χ0n) is 12.4. The Hall–Kier alpha value is -2.41. The van der Waals surface area contributed by atoms with E-state index in [9.17, 15) is 9.59 Å². The van der Waals surface area contributed by atoms with Crippen molar-refractivity contribution in [1.29, 1.82) is 0 Å². The minimum atomic E-state index is -0.205. The van der Waals surface area contributed by atoms with Crippen LogP contribution in [0.25, 0.3) is 0 Å². The Morgan fingerprint density at radius 1 is 1.43 bits per heavy atom. The quantitative estimate of drug-likeness (QED) is 0.904. The van der Waals surface area contributed by atoms with Crippen LogP contribution in [-0.2, 0) is 11.3 Å². The van der Waals surface area contributed by atoms with Crippen LogP contribution in [-0.4, -0.2) is 29.4 Å². The lowest BCUT2D eigenvalue weighted by atomic mass is 10.1. The molecule has 1 saturated heterocycles. The van der Waals surface area contributed by atoms with Gasteiger partial charge in [0.15, 0.2) is 5.13 Å². The molecule has 2 aliphatic heterocycles. The van der Waals surface area contributed by atoms with Crippen LogP contribution in [0.2, 0.25) is 0 Å². The van der Waals surface area contributed by atoms with E-state index in [1.165, 1.54) is 0 Å². The summed E-state index contributed by atoms with van der Waals surface area (Å²) in [4.78, 5) is 30.7. The highest BCUT2D eigenvalue weighted by Gasteiger charge is 2.32. The van der Waals surface area contributed by atoms with Gasteiger partial charge in [0.1, 0.15) is 6.04 Å². The molecule has 6 nitrogen and oxygen atoms in total. The lowest BCUT2D eigenvalue weighted by molar-refractivity contribution is -0.117. The molecule has 1 aromatic carbocycles. The second-order valence-corrected chi connectivity index (χ2v) is 6.58. The van der Waals surface area contributed by atoms with E-state index >= 15 is 0 Å². The molecular formula is C16H16N4O2S. The Bertz CT molecular complexity index is 759. The molecule has 1 fully saturated rings. The predicted octanol–water partition coefficient (Wildman–Crippen LogP) is 1.99. The van der Waals surface area contributed by atoms with Crippen LogP contribution in [0.4, 0.5) is 10.8 Å². The Kier molecular flexibility index (Phi) is 3.49. The maximum Gasteiger partial charge on any atom is 0.251 e. The van der Waals surface area contributed by atoms with Crippen LogP contribution < -0.4 is 15.5 Å². The summed E-state index contributed by atoms with van der Waals surface area (Å²) in [6.45, 7) is 1.40. The molecule has 7 heteroatoms. The number of anilines is 2. The van der Waals surface area contributed by atoms with Crippen molar-refractivity contribution in [2.45, 2.75) is 25.4 Å². The lowest BCUT2D eigenvalue weighted by Gasteiger charge is -2.23. The van der Waals surface area contributed by atoms with Crippen LogP contribution in [0.5, 0.6) is 0 Å². The molecule has 2 aromatic rings. The van der Waals surface area contributed by atoms with Gasteiger partial charge in [-0.25, -0.2) is 4.98 Å². The van der Waals surface area contributed by atoms with Crippen molar-refractivity contribution in [3.63, 3.8) is 0 Å². The molecule has 0 bridgehead atoms. The maximum atomic E-state index is 12.6. The zero-order valence-corrected chi connectivity index (χ0v) is 13.2. The summed E-state index contributed by atoms with van der Waals surface area (Å²) in [5.41, 5.74) is 2.28. The number of fused-ring (bicyclic) bond motifs is 1. The van der Waals surface area contributed by atoms with Crippen molar-refractivity contribution >= 4 is 34.0 Å². The third kappa shape index (κ3) is 2.57. The highest BCUT2D eigenvalue weighted by molar-refractivity contribution is 7.13. The van der Waals surface area contributed by atoms with Gasteiger partial charge in [-0.15, -0.1) is 11.3 Å². The lowest BCUT2D eigenvalue weighted by Crippen LogP contribution is -2.39. The molecule has 23 heavy (non-hydrogen) atoms. The number of thiazole rings is 1. The zero-order chi connectivity index (χ0) is 15.8. The van der Waals surface area contributed by atoms with E-state index in [0.717, 1.165) is 30.1 Å². The summed E-state index contributed by atoms with van der Waals surface area (Å²) in [5.74, 6) is -0.127. The molecule has 0 aliphatic carbocycles. The largest absolute Gasteiger partial charge is 0.348 e. The number of hydrogen-bond acceptors (Lipinski definition) is 5. The van der Waals surface area contributed by atoms with Gasteiger partial charge in [-0.1, -0.05) is 6.07 Å². The Morgan fingerprint density at radius 2 is 2.35 bits per heavy atom. The molecule has 0 unspecified atom stereocenters. The molecule has 1 aromatic heterocycles. The van der Waals surface area contributed by atoms with Gasteiger partial charge in [0.25, 0.3) is 5.91 Å². The molecular weight excluding hydrogens is 312 g/mol. The van der Waals surface area contributed by atoms with Gasteiger partial charge >= 0.3 is 0 Å². The number of carbonyl (C=O) groups excluding carboxylic acids is 2. The first kappa shape index (κ1) is 14.2. The fraction of sp³-hybridized carbons (Fsp3) is 0.312. The molecule has 2 amide bonds. The minimum Gasteiger partial charge on any atom is -0.348 e. The van der Waals surface area contributed by atoms with Gasteiger partial charge in [0.05, 0.1) is 0 Å². The molecule has 4 rings (SSSR count). The number of hydrogen-bond donors (Lipinski definition) is 2. The Labute approximate surface area is 137 Å². The highest BCUT2D eigenvalue weighted by atomic mass is 32.1. The van der Waals surface area contributed by atoms with E-state index in [0.29, 0.717) is 17.8 Å². The number of rotatable bonds is 3. The third-order valence-electron chi connectivity index (χ3n) is 4.28. The van der Waals surface area contributed by atoms with E-state index in [1.54, 1.807) is 23.6 Å². The van der Waals surface area contributed by atoms with E-state index in [2.05, 4.69) is 20.5 Å². The average molecular weight is 328 g/mol. The standard InChI is InChI=1S/C16H16N4O2S/c21-14-12-8-11(4-3-10(12)9-18-14)19-15(22)13-2-1-6-20(13)16-17-5-7-23-16/h3-5,7-8,13H,1-2,6,9H2,(H,18,21)(H,19,22)/t13-/m1/s1. The highest BCUT2D eigenvalue weighted by Crippen LogP contribution is 2.28. The first-order valence-corrected chi connectivity index (χ1v) is 8.48. The van der Waals surface area contributed by atoms with Crippen LogP contribution in [0.15, 0.2) is 29.8 Å². The summed E-state index contributed by atoms with van der Waals surface area (Å²) >= 11 is 1.55. The number of nitrogens with one attached hydrogen (secondary N) is 2. The topological polar surface area (TPSA) is 74.3 Å². The summed E-state index contributed by atoms with van der Waals surface area (Å²) in [6, 6.07) is 5.27. The van der Waals surface area contributed by atoms with Crippen LogP contribution >= 0.6 is 11.3 Å². The van der Waals surface area contributed by atoms with Crippen LogP contribution in [0.3, 0.4) is 0 Å². The summed E-state index contributed by atoms with van der Waals surface area (Å²) in [7, 11) is 0. The Balaban J connectivity index is 1.52. The second kappa shape index (κ2) is 5.66. The van der Waals surface area contributed by atoms with Crippen molar-refractivity contribution in [3.8, 4) is 0 Å². The van der Waals surface area contributed by atoms with Crippen molar-refractivity contribution in [3.05, 3.63) is 40.9 Å². The fourth-order valence-corrected chi connectivity index (χ4v) is 3.86. The van der Waals surface area contributed by atoms with Crippen molar-refractivity contribution in [2.24, 2.45) is 0 Å². The van der Waals surface area contributed by atoms with Crippen molar-refractivity contribution in [2.75, 3.05) is 16.8 Å². The number of nitrogens with zero attached hydrogens (tertiary/aromatic N) is 2. The van der Waals surface area contributed by atoms with Crippen molar-refractivity contribution < 1.29 is 9.59 Å². The summed E-state index contributed by atoms with van der Waals surface area (Å²) < 4.78 is 0. The van der Waals surface area contributed by atoms with Gasteiger partial charge in [-0.05, 0) is 30.5 Å². The van der Waals surface area contributed by atoms with Gasteiger partial charge in [-0.2, -0.15) is 0 Å². The Morgan fingerprint density at radius 3 is 3.17 bits per heavy atom. The number of amides is 2. The molecule has 0 spiro atoms. The van der Waals surface area contributed by atoms with E-state index in [-0.39, 0.29) is 17.9 Å². The molecule has 2 N–H and O–H groups in total. The van der Waals surface area contributed by atoms with E-state index in [1.807, 2.05) is 17.5 Å². The van der Waals surface area contributed by atoms with E-state index < -0.39 is 0 Å². The van der Waals surface area contributed by atoms with E-state index in [4.69, 9.17) is 0 Å². The minimum absolute atomic E-state index is 0.0453. The fourth-order valence-electron chi connectivity index (χ4n) is 3.14. The van der Waals surface area contributed by atoms with Gasteiger partial charge < -0.3 is 15.5 Å². The number of benzene rings is 1. The normalized spacial score (nSPS) is 19.6. The predicted molar refractivity (Wildman–Crippen MR) is 88.7 cm³/mol. The average Bonchev–Trinajstić information content (AvgIpc) is 3.27. The summed E-state index contributed by atoms with van der Waals surface area (Å²) in [5, 5.41) is 8.53. The van der Waals surface area contributed by atoms with Crippen LogP contribution in [0.1, 0.15) is 28.8 Å². The molecule has 3 heterocycles. The molecule has 2 aliphatic rings. The van der Waals surface area contributed by atoms with Gasteiger partial charge in [-0.3, -0.25) is 9.59 Å². The molecule has 1 atom stereocenters. The summed E-state index contributed by atoms with van der Waals surface area (Å²) in [6.07, 6.45) is 3.55. The van der Waals surface area contributed by atoms with Gasteiger partial charge in [0, 0.05) is 35.9 Å².